The largest absolute Gasteiger partial charge is 0.497 e. The highest BCUT2D eigenvalue weighted by atomic mass is 16.5. The van der Waals surface area contributed by atoms with Crippen molar-refractivity contribution < 1.29 is 9.53 Å². The topological polar surface area (TPSA) is 32.8 Å². The van der Waals surface area contributed by atoms with Crippen molar-refractivity contribution in [3.63, 3.8) is 0 Å². The first-order valence-electron chi connectivity index (χ1n) is 6.41. The van der Waals surface area contributed by atoms with E-state index in [9.17, 15) is 4.79 Å². The second kappa shape index (κ2) is 7.26. The van der Waals surface area contributed by atoms with E-state index in [2.05, 4.69) is 9.80 Å². The molecule has 4 heteroatoms. The second-order valence-electron chi connectivity index (χ2n) is 5.31. The zero-order chi connectivity index (χ0) is 14.4. The Labute approximate surface area is 116 Å². The lowest BCUT2D eigenvalue weighted by Crippen LogP contribution is -2.35. The van der Waals surface area contributed by atoms with E-state index in [1.54, 1.807) is 7.11 Å². The first-order valence-corrected chi connectivity index (χ1v) is 6.41. The van der Waals surface area contributed by atoms with Crippen molar-refractivity contribution in [2.45, 2.75) is 0 Å². The van der Waals surface area contributed by atoms with E-state index in [0.717, 1.165) is 24.4 Å². The van der Waals surface area contributed by atoms with Gasteiger partial charge in [-0.05, 0) is 52.5 Å². The molecule has 0 heterocycles. The van der Waals surface area contributed by atoms with Crippen molar-refractivity contribution >= 4 is 5.78 Å². The molecule has 0 aromatic heterocycles. The van der Waals surface area contributed by atoms with Gasteiger partial charge in [-0.15, -0.1) is 0 Å². The Morgan fingerprint density at radius 2 is 1.53 bits per heavy atom. The number of nitrogens with zero attached hydrogens (tertiary/aromatic N) is 2. The molecule has 0 fully saturated rings. The highest BCUT2D eigenvalue weighted by molar-refractivity contribution is 5.98. The highest BCUT2D eigenvalue weighted by Crippen LogP contribution is 2.16. The van der Waals surface area contributed by atoms with Gasteiger partial charge in [-0.25, -0.2) is 0 Å². The maximum atomic E-state index is 12.5. The van der Waals surface area contributed by atoms with Gasteiger partial charge in [-0.3, -0.25) is 4.79 Å². The van der Waals surface area contributed by atoms with Crippen molar-refractivity contribution in [3.05, 3.63) is 29.8 Å². The average molecular weight is 264 g/mol. The first kappa shape index (κ1) is 15.7. The summed E-state index contributed by atoms with van der Waals surface area (Å²) < 4.78 is 5.11. The summed E-state index contributed by atoms with van der Waals surface area (Å²) in [4.78, 5) is 16.6. The van der Waals surface area contributed by atoms with Gasteiger partial charge in [0, 0.05) is 24.6 Å². The molecule has 1 aromatic carbocycles. The summed E-state index contributed by atoms with van der Waals surface area (Å²) in [6.07, 6.45) is 0. The molecule has 1 rings (SSSR count). The molecule has 19 heavy (non-hydrogen) atoms. The summed E-state index contributed by atoms with van der Waals surface area (Å²) >= 11 is 0. The van der Waals surface area contributed by atoms with Crippen LogP contribution < -0.4 is 4.74 Å². The van der Waals surface area contributed by atoms with Gasteiger partial charge in [-0.1, -0.05) is 0 Å². The van der Waals surface area contributed by atoms with Crippen molar-refractivity contribution in [1.82, 2.24) is 9.80 Å². The van der Waals surface area contributed by atoms with E-state index in [-0.39, 0.29) is 11.7 Å². The molecule has 1 aromatic rings. The fourth-order valence-electron chi connectivity index (χ4n) is 2.10. The predicted molar refractivity (Wildman–Crippen MR) is 77.9 cm³/mol. The third kappa shape index (κ3) is 5.01. The summed E-state index contributed by atoms with van der Waals surface area (Å²) in [5, 5.41) is 0. The number of methoxy groups -OCH3 is 1. The van der Waals surface area contributed by atoms with Crippen molar-refractivity contribution in [2.24, 2.45) is 5.92 Å². The molecular weight excluding hydrogens is 240 g/mol. The molecule has 0 N–H and O–H groups in total. The maximum absolute atomic E-state index is 12.5. The zero-order valence-electron chi connectivity index (χ0n) is 12.5. The van der Waals surface area contributed by atoms with Gasteiger partial charge in [0.15, 0.2) is 5.78 Å². The lowest BCUT2D eigenvalue weighted by atomic mass is 9.96. The third-order valence-electron chi connectivity index (χ3n) is 2.92. The Kier molecular flexibility index (Phi) is 5.99. The van der Waals surface area contributed by atoms with Gasteiger partial charge in [-0.2, -0.15) is 0 Å². The molecule has 0 amide bonds. The van der Waals surface area contributed by atoms with E-state index in [1.807, 2.05) is 52.5 Å². The lowest BCUT2D eigenvalue weighted by molar-refractivity contribution is 0.0871. The molecule has 0 aliphatic heterocycles. The normalized spacial score (nSPS) is 11.4. The Morgan fingerprint density at radius 3 is 1.89 bits per heavy atom. The van der Waals surface area contributed by atoms with Crippen LogP contribution in [0, 0.1) is 5.92 Å². The minimum Gasteiger partial charge on any atom is -0.497 e. The van der Waals surface area contributed by atoms with Crippen molar-refractivity contribution in [2.75, 3.05) is 48.4 Å². The number of hydrogen-bond donors (Lipinski definition) is 0. The maximum Gasteiger partial charge on any atom is 0.168 e. The summed E-state index contributed by atoms with van der Waals surface area (Å²) in [6.45, 7) is 1.51. The number of hydrogen-bond acceptors (Lipinski definition) is 4. The summed E-state index contributed by atoms with van der Waals surface area (Å²) in [6, 6.07) is 7.32. The van der Waals surface area contributed by atoms with Crippen LogP contribution in [0.15, 0.2) is 24.3 Å². The van der Waals surface area contributed by atoms with Crippen LogP contribution in [0.1, 0.15) is 10.4 Å². The van der Waals surface area contributed by atoms with E-state index in [4.69, 9.17) is 4.74 Å². The quantitative estimate of drug-likeness (QED) is 0.701. The molecule has 4 nitrogen and oxygen atoms in total. The number of carbonyl (C=O) groups is 1. The number of ketones is 1. The fourth-order valence-corrected chi connectivity index (χ4v) is 2.10. The Morgan fingerprint density at radius 1 is 1.05 bits per heavy atom. The second-order valence-corrected chi connectivity index (χ2v) is 5.31. The molecule has 0 atom stereocenters. The molecule has 0 bridgehead atoms. The molecule has 106 valence electrons. The Bertz CT molecular complexity index is 389. The highest BCUT2D eigenvalue weighted by Gasteiger charge is 2.21. The monoisotopic (exact) mass is 264 g/mol. The van der Waals surface area contributed by atoms with Gasteiger partial charge < -0.3 is 14.5 Å². The van der Waals surface area contributed by atoms with Gasteiger partial charge in [0.2, 0.25) is 0 Å². The van der Waals surface area contributed by atoms with Gasteiger partial charge in [0.25, 0.3) is 0 Å². The molecule has 0 aliphatic carbocycles. The number of ether oxygens (including phenoxy) is 1. The Hall–Kier alpha value is -1.39. The van der Waals surface area contributed by atoms with Crippen LogP contribution in [0.4, 0.5) is 0 Å². The number of Topliss-reactive ketones (excluding diaryl/α,β-unsaturated/α-hetero) is 1. The summed E-state index contributed by atoms with van der Waals surface area (Å²) in [5.74, 6) is 0.941. The molecule has 0 unspecified atom stereocenters. The molecule has 0 saturated carbocycles. The lowest BCUT2D eigenvalue weighted by Gasteiger charge is -2.23. The van der Waals surface area contributed by atoms with E-state index >= 15 is 0 Å². The number of benzene rings is 1. The zero-order valence-corrected chi connectivity index (χ0v) is 12.5. The van der Waals surface area contributed by atoms with Crippen LogP contribution in [0.5, 0.6) is 5.75 Å². The Balaban J connectivity index is 2.84. The molecule has 0 spiro atoms. The minimum absolute atomic E-state index is 0.0154. The average Bonchev–Trinajstić information content (AvgIpc) is 2.36. The van der Waals surface area contributed by atoms with Crippen LogP contribution in [0.3, 0.4) is 0 Å². The smallest absolute Gasteiger partial charge is 0.168 e. The van der Waals surface area contributed by atoms with E-state index in [1.165, 1.54) is 0 Å². The van der Waals surface area contributed by atoms with Gasteiger partial charge in [0.05, 0.1) is 7.11 Å². The van der Waals surface area contributed by atoms with Gasteiger partial charge >= 0.3 is 0 Å². The van der Waals surface area contributed by atoms with Crippen LogP contribution in [0.25, 0.3) is 0 Å². The van der Waals surface area contributed by atoms with Crippen molar-refractivity contribution in [1.29, 1.82) is 0 Å². The van der Waals surface area contributed by atoms with Crippen LogP contribution in [-0.2, 0) is 0 Å². The van der Waals surface area contributed by atoms with E-state index in [0.29, 0.717) is 0 Å². The van der Waals surface area contributed by atoms with Crippen LogP contribution in [0.2, 0.25) is 0 Å². The standard InChI is InChI=1S/C15H24N2O2/c1-16(2)10-13(11-17(3)4)15(18)12-6-8-14(19-5)9-7-12/h6-9,13H,10-11H2,1-5H3. The third-order valence-corrected chi connectivity index (χ3v) is 2.92. The van der Waals surface area contributed by atoms with Crippen molar-refractivity contribution in [3.8, 4) is 5.75 Å². The number of carbonyl (C=O) groups excluding carboxylic acids is 1. The fraction of sp³-hybridized carbons (Fsp3) is 0.533. The summed E-state index contributed by atoms with van der Waals surface area (Å²) in [7, 11) is 9.58. The molecule has 0 radical (unpaired) electrons. The molecule has 0 aliphatic rings. The van der Waals surface area contributed by atoms with Crippen LogP contribution >= 0.6 is 0 Å². The van der Waals surface area contributed by atoms with E-state index < -0.39 is 0 Å². The first-order chi connectivity index (χ1) is 8.93. The number of rotatable bonds is 7. The molecule has 0 saturated heterocycles. The molecular formula is C15H24N2O2. The summed E-state index contributed by atoms with van der Waals surface area (Å²) in [5.41, 5.74) is 0.745. The SMILES string of the molecule is COc1ccc(C(=O)C(CN(C)C)CN(C)C)cc1. The van der Waals surface area contributed by atoms with Gasteiger partial charge in [0.1, 0.15) is 5.75 Å². The minimum atomic E-state index is -0.0154. The predicted octanol–water partition coefficient (Wildman–Crippen LogP) is 1.62. The van der Waals surface area contributed by atoms with Crippen LogP contribution in [-0.4, -0.2) is 64.0 Å².